The van der Waals surface area contributed by atoms with E-state index in [4.69, 9.17) is 4.74 Å². The monoisotopic (exact) mass is 655 g/mol. The van der Waals surface area contributed by atoms with Crippen LogP contribution in [-0.4, -0.2) is 57.7 Å². The maximum Gasteiger partial charge on any atom is 0.250 e. The number of anilines is 4. The molecule has 13 heteroatoms. The largest absolute Gasteiger partial charge is 0.506 e. The van der Waals surface area contributed by atoms with E-state index in [1.54, 1.807) is 0 Å². The highest BCUT2D eigenvalue weighted by molar-refractivity contribution is 9.11. The number of aromatic hydroxyl groups is 2. The predicted molar refractivity (Wildman–Crippen MR) is 141 cm³/mol. The van der Waals surface area contributed by atoms with E-state index in [1.165, 1.54) is 12.3 Å². The van der Waals surface area contributed by atoms with E-state index >= 15 is 0 Å². The number of hydrazone groups is 1. The molecular weight excluding hydrogens is 638 g/mol. The topological polar surface area (TPSA) is 128 Å². The van der Waals surface area contributed by atoms with Gasteiger partial charge < -0.3 is 25.2 Å². The minimum Gasteiger partial charge on any atom is -0.506 e. The Labute approximate surface area is 220 Å². The lowest BCUT2D eigenvalue weighted by molar-refractivity contribution is 0.122. The van der Waals surface area contributed by atoms with Gasteiger partial charge in [0.1, 0.15) is 16.0 Å². The lowest BCUT2D eigenvalue weighted by Crippen LogP contribution is -2.37. The van der Waals surface area contributed by atoms with Crippen molar-refractivity contribution in [3.8, 4) is 11.5 Å². The van der Waals surface area contributed by atoms with E-state index in [0.29, 0.717) is 48.2 Å². The number of ether oxygens (including phenoxy) is 1. The molecule has 10 nitrogen and oxygen atoms in total. The molecule has 1 aromatic heterocycles. The number of phenols is 2. The van der Waals surface area contributed by atoms with Crippen molar-refractivity contribution in [3.05, 3.63) is 48.8 Å². The van der Waals surface area contributed by atoms with Gasteiger partial charge in [0.2, 0.25) is 17.8 Å². The number of phenolic OH excluding ortho intramolecular Hbond substituents is 2. The first-order valence-electron chi connectivity index (χ1n) is 10.1. The second-order valence-corrected chi connectivity index (χ2v) is 9.82. The van der Waals surface area contributed by atoms with Gasteiger partial charge in [0.05, 0.1) is 29.6 Å². The smallest absolute Gasteiger partial charge is 0.250 e. The van der Waals surface area contributed by atoms with Gasteiger partial charge in [-0.1, -0.05) is 6.07 Å². The summed E-state index contributed by atoms with van der Waals surface area (Å²) in [5.74, 6) is 0.794. The van der Waals surface area contributed by atoms with Crippen molar-refractivity contribution in [2.45, 2.75) is 6.92 Å². The first-order valence-corrected chi connectivity index (χ1v) is 12.5. The fourth-order valence-electron chi connectivity index (χ4n) is 3.09. The Morgan fingerprint density at radius 2 is 1.74 bits per heavy atom. The molecule has 3 aromatic rings. The minimum atomic E-state index is -0.150. The van der Waals surface area contributed by atoms with Crippen LogP contribution in [0.5, 0.6) is 11.5 Å². The Kier molecular flexibility index (Phi) is 7.86. The van der Waals surface area contributed by atoms with E-state index in [1.807, 2.05) is 30.0 Å². The second kappa shape index (κ2) is 10.8. The molecule has 2 aromatic carbocycles. The molecule has 0 amide bonds. The number of aromatic nitrogens is 3. The quantitative estimate of drug-likeness (QED) is 0.216. The van der Waals surface area contributed by atoms with E-state index in [2.05, 4.69) is 78.6 Å². The van der Waals surface area contributed by atoms with E-state index in [-0.39, 0.29) is 21.9 Å². The van der Waals surface area contributed by atoms with Gasteiger partial charge in [0.15, 0.2) is 0 Å². The number of rotatable bonds is 6. The highest BCUT2D eigenvalue weighted by Crippen LogP contribution is 2.40. The van der Waals surface area contributed by atoms with Crippen LogP contribution in [0.25, 0.3) is 0 Å². The van der Waals surface area contributed by atoms with Crippen LogP contribution in [0.4, 0.5) is 23.5 Å². The first-order chi connectivity index (χ1) is 16.3. The zero-order valence-electron chi connectivity index (χ0n) is 17.9. The number of aryl methyl sites for hydroxylation is 1. The van der Waals surface area contributed by atoms with Gasteiger partial charge >= 0.3 is 0 Å². The SMILES string of the molecule is Cc1ccc(Nc2nc(NN=Cc3cc(Br)c(O)c(Br)c3O)nc(N3CCOCC3)n2)c(Br)c1. The second-order valence-electron chi connectivity index (χ2n) is 7.32. The zero-order valence-corrected chi connectivity index (χ0v) is 22.6. The lowest BCUT2D eigenvalue weighted by Gasteiger charge is -2.27. The summed E-state index contributed by atoms with van der Waals surface area (Å²) in [6, 6.07) is 7.46. The van der Waals surface area contributed by atoms with E-state index in [0.717, 1.165) is 15.7 Å². The van der Waals surface area contributed by atoms with Crippen molar-refractivity contribution in [2.24, 2.45) is 5.10 Å². The minimum absolute atomic E-state index is 0.104. The Bertz CT molecular complexity index is 1240. The van der Waals surface area contributed by atoms with Crippen LogP contribution in [0.3, 0.4) is 0 Å². The van der Waals surface area contributed by atoms with Crippen LogP contribution in [0, 0.1) is 6.92 Å². The average Bonchev–Trinajstić information content (AvgIpc) is 2.83. The zero-order chi connectivity index (χ0) is 24.2. The summed E-state index contributed by atoms with van der Waals surface area (Å²) in [6.07, 6.45) is 1.39. The van der Waals surface area contributed by atoms with Crippen molar-refractivity contribution in [1.82, 2.24) is 15.0 Å². The third-order valence-electron chi connectivity index (χ3n) is 4.85. The summed E-state index contributed by atoms with van der Waals surface area (Å²) < 4.78 is 6.88. The number of hydrogen-bond acceptors (Lipinski definition) is 10. The molecule has 2 heterocycles. The number of benzene rings is 2. The number of hydrogen-bond donors (Lipinski definition) is 4. The molecule has 178 valence electrons. The maximum absolute atomic E-state index is 10.2. The van der Waals surface area contributed by atoms with Crippen molar-refractivity contribution >= 4 is 77.5 Å². The Morgan fingerprint density at radius 1 is 1.00 bits per heavy atom. The summed E-state index contributed by atoms with van der Waals surface area (Å²) in [6.45, 7) is 4.50. The van der Waals surface area contributed by atoms with Gasteiger partial charge in [-0.25, -0.2) is 5.43 Å². The molecule has 0 aliphatic carbocycles. The van der Waals surface area contributed by atoms with Gasteiger partial charge in [0.25, 0.3) is 0 Å². The number of nitrogens with zero attached hydrogens (tertiary/aromatic N) is 5. The molecule has 34 heavy (non-hydrogen) atoms. The lowest BCUT2D eigenvalue weighted by atomic mass is 10.2. The van der Waals surface area contributed by atoms with Gasteiger partial charge in [-0.05, 0) is 78.5 Å². The highest BCUT2D eigenvalue weighted by atomic mass is 79.9. The Balaban J connectivity index is 1.62. The maximum atomic E-state index is 10.2. The molecule has 4 rings (SSSR count). The van der Waals surface area contributed by atoms with Crippen LogP contribution in [0.15, 0.2) is 42.8 Å². The predicted octanol–water partition coefficient (Wildman–Crippen LogP) is 4.90. The Morgan fingerprint density at radius 3 is 2.47 bits per heavy atom. The van der Waals surface area contributed by atoms with Gasteiger partial charge in [-0.2, -0.15) is 20.1 Å². The van der Waals surface area contributed by atoms with Gasteiger partial charge in [-0.15, -0.1) is 0 Å². The summed E-state index contributed by atoms with van der Waals surface area (Å²) in [5, 5.41) is 27.5. The van der Waals surface area contributed by atoms with Gasteiger partial charge in [0, 0.05) is 23.1 Å². The van der Waals surface area contributed by atoms with Crippen molar-refractivity contribution in [2.75, 3.05) is 41.9 Å². The summed E-state index contributed by atoms with van der Waals surface area (Å²) in [7, 11) is 0. The molecule has 0 unspecified atom stereocenters. The molecular formula is C21H20Br3N7O3. The standard InChI is InChI=1S/C21H20Br3N7O3/c1-11-2-3-15(13(22)8-11)26-19-27-20(29-21(28-19)31-4-6-34-7-5-31)30-25-10-12-9-14(23)18(33)16(24)17(12)32/h2-3,8-10,32-33H,4-7H2,1H3,(H2,26,27,28,29,30). The number of nitrogens with one attached hydrogen (secondary N) is 2. The third kappa shape index (κ3) is 5.77. The van der Waals surface area contributed by atoms with Crippen LogP contribution in [-0.2, 0) is 4.74 Å². The van der Waals surface area contributed by atoms with Crippen LogP contribution in [0.1, 0.15) is 11.1 Å². The van der Waals surface area contributed by atoms with E-state index in [9.17, 15) is 10.2 Å². The van der Waals surface area contributed by atoms with Gasteiger partial charge in [-0.3, -0.25) is 0 Å². The van der Waals surface area contributed by atoms with Crippen LogP contribution >= 0.6 is 47.8 Å². The molecule has 1 aliphatic heterocycles. The average molecular weight is 658 g/mol. The van der Waals surface area contributed by atoms with Crippen molar-refractivity contribution in [3.63, 3.8) is 0 Å². The normalized spacial score (nSPS) is 13.9. The van der Waals surface area contributed by atoms with Crippen molar-refractivity contribution in [1.29, 1.82) is 0 Å². The molecule has 1 saturated heterocycles. The fraction of sp³-hybridized carbons (Fsp3) is 0.238. The van der Waals surface area contributed by atoms with Crippen LogP contribution < -0.4 is 15.6 Å². The van der Waals surface area contributed by atoms with Crippen LogP contribution in [0.2, 0.25) is 0 Å². The third-order valence-corrected chi connectivity index (χ3v) is 6.87. The number of halogens is 3. The molecule has 0 saturated carbocycles. The molecule has 1 fully saturated rings. The molecule has 0 spiro atoms. The molecule has 0 bridgehead atoms. The van der Waals surface area contributed by atoms with E-state index < -0.39 is 0 Å². The highest BCUT2D eigenvalue weighted by Gasteiger charge is 2.17. The molecule has 0 atom stereocenters. The Hall–Kier alpha value is -2.48. The molecule has 4 N–H and O–H groups in total. The number of morpholine rings is 1. The summed E-state index contributed by atoms with van der Waals surface area (Å²) >= 11 is 9.95. The fourth-order valence-corrected chi connectivity index (χ4v) is 4.84. The first kappa shape index (κ1) is 24.6. The summed E-state index contributed by atoms with van der Waals surface area (Å²) in [5.41, 5.74) is 5.09. The van der Waals surface area contributed by atoms with Crippen molar-refractivity contribution < 1.29 is 14.9 Å². The molecule has 0 radical (unpaired) electrons. The molecule has 1 aliphatic rings. The summed E-state index contributed by atoms with van der Waals surface area (Å²) in [4.78, 5) is 15.5.